The molecule has 1 heterocycles. The first-order chi connectivity index (χ1) is 8.61. The maximum absolute atomic E-state index is 12.5. The second-order valence-electron chi connectivity index (χ2n) is 4.95. The molecule has 1 amide bonds. The second-order valence-corrected chi connectivity index (χ2v) is 5.87. The van der Waals surface area contributed by atoms with Crippen LogP contribution >= 0.6 is 15.9 Å². The molecule has 1 atom stereocenters. The van der Waals surface area contributed by atoms with Crippen LogP contribution in [0.1, 0.15) is 28.8 Å². The van der Waals surface area contributed by atoms with Crippen molar-refractivity contribution in [2.75, 3.05) is 19.6 Å². The Morgan fingerprint density at radius 1 is 1.56 bits per heavy atom. The van der Waals surface area contributed by atoms with Crippen molar-refractivity contribution in [3.8, 4) is 0 Å². The van der Waals surface area contributed by atoms with Gasteiger partial charge in [-0.2, -0.15) is 0 Å². The maximum Gasteiger partial charge on any atom is 0.254 e. The Kier molecular flexibility index (Phi) is 4.40. The highest BCUT2D eigenvalue weighted by Crippen LogP contribution is 2.21. The monoisotopic (exact) mass is 310 g/mol. The van der Waals surface area contributed by atoms with Crippen molar-refractivity contribution in [1.29, 1.82) is 0 Å². The number of piperidine rings is 1. The van der Waals surface area contributed by atoms with Gasteiger partial charge in [-0.15, -0.1) is 0 Å². The third kappa shape index (κ3) is 2.93. The van der Waals surface area contributed by atoms with Crippen molar-refractivity contribution in [2.45, 2.75) is 19.8 Å². The number of nitrogens with zero attached hydrogens (tertiary/aromatic N) is 1. The number of amides is 1. The molecule has 1 saturated heterocycles. The van der Waals surface area contributed by atoms with Gasteiger partial charge >= 0.3 is 0 Å². The first-order valence-corrected chi connectivity index (χ1v) is 7.16. The summed E-state index contributed by atoms with van der Waals surface area (Å²) >= 11 is 3.42. The molecule has 1 fully saturated rings. The molecule has 4 heteroatoms. The van der Waals surface area contributed by atoms with Gasteiger partial charge in [0.2, 0.25) is 0 Å². The number of rotatable bonds is 2. The van der Waals surface area contributed by atoms with E-state index in [0.29, 0.717) is 12.5 Å². The normalized spacial score (nSPS) is 19.9. The summed E-state index contributed by atoms with van der Waals surface area (Å²) in [6.07, 6.45) is 2.20. The van der Waals surface area contributed by atoms with Gasteiger partial charge < -0.3 is 10.6 Å². The lowest BCUT2D eigenvalue weighted by Gasteiger charge is -2.32. The first kappa shape index (κ1) is 13.6. The zero-order chi connectivity index (χ0) is 13.1. The lowest BCUT2D eigenvalue weighted by atomic mass is 9.97. The van der Waals surface area contributed by atoms with Gasteiger partial charge in [-0.05, 0) is 56.0 Å². The molecule has 0 bridgehead atoms. The van der Waals surface area contributed by atoms with E-state index in [0.717, 1.165) is 41.5 Å². The average Bonchev–Trinajstić information content (AvgIpc) is 2.38. The Morgan fingerprint density at radius 2 is 2.33 bits per heavy atom. The number of carbonyl (C=O) groups is 1. The van der Waals surface area contributed by atoms with E-state index >= 15 is 0 Å². The summed E-state index contributed by atoms with van der Waals surface area (Å²) in [6.45, 7) is 4.29. The SMILES string of the molecule is Cc1cc(Br)ccc1C(=O)N1CCCC(CN)C1. The van der Waals surface area contributed by atoms with Gasteiger partial charge in [0, 0.05) is 23.1 Å². The van der Waals surface area contributed by atoms with Crippen LogP contribution in [0.15, 0.2) is 22.7 Å². The minimum Gasteiger partial charge on any atom is -0.338 e. The predicted octanol–water partition coefficient (Wildman–Crippen LogP) is 2.57. The van der Waals surface area contributed by atoms with Crippen molar-refractivity contribution >= 4 is 21.8 Å². The van der Waals surface area contributed by atoms with Gasteiger partial charge in [0.25, 0.3) is 5.91 Å². The van der Waals surface area contributed by atoms with Gasteiger partial charge in [0.05, 0.1) is 0 Å². The number of benzene rings is 1. The molecule has 2 rings (SSSR count). The first-order valence-electron chi connectivity index (χ1n) is 6.37. The molecule has 1 unspecified atom stereocenters. The highest BCUT2D eigenvalue weighted by atomic mass is 79.9. The highest BCUT2D eigenvalue weighted by Gasteiger charge is 2.24. The van der Waals surface area contributed by atoms with Crippen LogP contribution in [0.2, 0.25) is 0 Å². The van der Waals surface area contributed by atoms with Crippen LogP contribution in [0.3, 0.4) is 0 Å². The predicted molar refractivity (Wildman–Crippen MR) is 76.6 cm³/mol. The molecule has 18 heavy (non-hydrogen) atoms. The van der Waals surface area contributed by atoms with E-state index in [-0.39, 0.29) is 5.91 Å². The number of likely N-dealkylation sites (tertiary alicyclic amines) is 1. The van der Waals surface area contributed by atoms with Gasteiger partial charge in [-0.1, -0.05) is 15.9 Å². The largest absolute Gasteiger partial charge is 0.338 e. The third-order valence-electron chi connectivity index (χ3n) is 3.56. The molecular formula is C14H19BrN2O. The minimum absolute atomic E-state index is 0.137. The molecule has 1 aromatic rings. The smallest absolute Gasteiger partial charge is 0.254 e. The molecule has 0 spiro atoms. The number of carbonyl (C=O) groups excluding carboxylic acids is 1. The maximum atomic E-state index is 12.5. The Bertz CT molecular complexity index is 447. The number of aryl methyl sites for hydroxylation is 1. The third-order valence-corrected chi connectivity index (χ3v) is 4.05. The summed E-state index contributed by atoms with van der Waals surface area (Å²) in [5.74, 6) is 0.594. The topological polar surface area (TPSA) is 46.3 Å². The fourth-order valence-corrected chi connectivity index (χ4v) is 2.95. The summed E-state index contributed by atoms with van der Waals surface area (Å²) in [7, 11) is 0. The average molecular weight is 311 g/mol. The van der Waals surface area contributed by atoms with Crippen LogP contribution in [0.4, 0.5) is 0 Å². The molecule has 98 valence electrons. The molecule has 3 nitrogen and oxygen atoms in total. The summed E-state index contributed by atoms with van der Waals surface area (Å²) in [4.78, 5) is 14.4. The van der Waals surface area contributed by atoms with E-state index in [1.165, 1.54) is 0 Å². The van der Waals surface area contributed by atoms with Crippen LogP contribution < -0.4 is 5.73 Å². The van der Waals surface area contributed by atoms with E-state index in [4.69, 9.17) is 5.73 Å². The minimum atomic E-state index is 0.137. The quantitative estimate of drug-likeness (QED) is 0.912. The summed E-state index contributed by atoms with van der Waals surface area (Å²) in [5, 5.41) is 0. The molecule has 0 saturated carbocycles. The summed E-state index contributed by atoms with van der Waals surface area (Å²) < 4.78 is 1.01. The van der Waals surface area contributed by atoms with Crippen molar-refractivity contribution in [3.63, 3.8) is 0 Å². The molecule has 0 aromatic heterocycles. The van der Waals surface area contributed by atoms with Crippen molar-refractivity contribution in [3.05, 3.63) is 33.8 Å². The molecule has 1 aliphatic rings. The summed E-state index contributed by atoms with van der Waals surface area (Å²) in [6, 6.07) is 5.80. The van der Waals surface area contributed by atoms with E-state index in [1.54, 1.807) is 0 Å². The molecule has 0 radical (unpaired) electrons. The fraction of sp³-hybridized carbons (Fsp3) is 0.500. The Balaban J connectivity index is 2.15. The Morgan fingerprint density at radius 3 is 3.00 bits per heavy atom. The number of halogens is 1. The highest BCUT2D eigenvalue weighted by molar-refractivity contribution is 9.10. The van der Waals surface area contributed by atoms with Gasteiger partial charge in [-0.25, -0.2) is 0 Å². The zero-order valence-electron chi connectivity index (χ0n) is 10.7. The summed E-state index contributed by atoms with van der Waals surface area (Å²) in [5.41, 5.74) is 7.53. The van der Waals surface area contributed by atoms with Crippen molar-refractivity contribution in [1.82, 2.24) is 4.90 Å². The van der Waals surface area contributed by atoms with Crippen LogP contribution in [0, 0.1) is 12.8 Å². The van der Waals surface area contributed by atoms with Crippen molar-refractivity contribution < 1.29 is 4.79 Å². The number of nitrogens with two attached hydrogens (primary N) is 1. The lowest BCUT2D eigenvalue weighted by molar-refractivity contribution is 0.0677. The lowest BCUT2D eigenvalue weighted by Crippen LogP contribution is -2.42. The van der Waals surface area contributed by atoms with Crippen LogP contribution in [-0.2, 0) is 0 Å². The van der Waals surface area contributed by atoms with Crippen LogP contribution in [0.5, 0.6) is 0 Å². The molecule has 0 aliphatic carbocycles. The van der Waals surface area contributed by atoms with E-state index in [1.807, 2.05) is 30.0 Å². The van der Waals surface area contributed by atoms with E-state index < -0.39 is 0 Å². The fourth-order valence-electron chi connectivity index (χ4n) is 2.48. The Hall–Kier alpha value is -0.870. The zero-order valence-corrected chi connectivity index (χ0v) is 12.2. The van der Waals surface area contributed by atoms with Crippen LogP contribution in [0.25, 0.3) is 0 Å². The standard InChI is InChI=1S/C14H19BrN2O/c1-10-7-12(15)4-5-13(10)14(18)17-6-2-3-11(8-16)9-17/h4-5,7,11H,2-3,6,8-9,16H2,1H3. The molecule has 1 aromatic carbocycles. The van der Waals surface area contributed by atoms with Crippen molar-refractivity contribution in [2.24, 2.45) is 11.7 Å². The second kappa shape index (κ2) is 5.85. The Labute approximate surface area is 116 Å². The molecule has 2 N–H and O–H groups in total. The van der Waals surface area contributed by atoms with Gasteiger partial charge in [0.15, 0.2) is 0 Å². The molecule has 1 aliphatic heterocycles. The van der Waals surface area contributed by atoms with E-state index in [2.05, 4.69) is 15.9 Å². The van der Waals surface area contributed by atoms with Gasteiger partial charge in [0.1, 0.15) is 0 Å². The van der Waals surface area contributed by atoms with Gasteiger partial charge in [-0.3, -0.25) is 4.79 Å². The van der Waals surface area contributed by atoms with E-state index in [9.17, 15) is 4.79 Å². The van der Waals surface area contributed by atoms with Crippen LogP contribution in [-0.4, -0.2) is 30.4 Å². The number of hydrogen-bond acceptors (Lipinski definition) is 2. The molecular weight excluding hydrogens is 292 g/mol. The number of hydrogen-bond donors (Lipinski definition) is 1.